The molecule has 0 aromatic carbocycles. The molecule has 4 rings (SSSR count). The van der Waals surface area contributed by atoms with Crippen LogP contribution in [-0.2, 0) is 0 Å². The smallest absolute Gasteiger partial charge is 0.00853 e. The fraction of sp³-hybridized carbons (Fsp3) is 0.926. The van der Waals surface area contributed by atoms with Crippen molar-refractivity contribution in [3.8, 4) is 0 Å². The third kappa shape index (κ3) is 3.36. The summed E-state index contributed by atoms with van der Waals surface area (Å²) in [5.74, 6) is 5.71. The van der Waals surface area contributed by atoms with Crippen molar-refractivity contribution in [2.24, 2.45) is 46.3 Å². The Hall–Kier alpha value is -0.260. The minimum Gasteiger partial charge on any atom is -0.0839 e. The quantitative estimate of drug-likeness (QED) is 0.426. The number of hydrogen-bond donors (Lipinski definition) is 0. The molecule has 0 nitrogen and oxygen atoms in total. The molecule has 0 unspecified atom stereocenters. The van der Waals surface area contributed by atoms with Gasteiger partial charge in [-0.15, -0.1) is 0 Å². The van der Waals surface area contributed by atoms with E-state index in [1.54, 1.807) is 0 Å². The number of fused-ring (bicyclic) bond motifs is 5. The minimum atomic E-state index is 0.573. The van der Waals surface area contributed by atoms with Crippen LogP contribution in [0.1, 0.15) is 112 Å². The van der Waals surface area contributed by atoms with Crippen LogP contribution < -0.4 is 0 Å². The third-order valence-corrected chi connectivity index (χ3v) is 10.1. The zero-order chi connectivity index (χ0) is 19.2. The van der Waals surface area contributed by atoms with Crippen molar-refractivity contribution < 1.29 is 0 Å². The molecule has 0 spiro atoms. The first kappa shape index (κ1) is 20.0. The van der Waals surface area contributed by atoms with Crippen molar-refractivity contribution in [2.75, 3.05) is 0 Å². The Labute approximate surface area is 170 Å². The van der Waals surface area contributed by atoms with E-state index < -0.39 is 0 Å². The Morgan fingerprint density at radius 1 is 0.963 bits per heavy atom. The van der Waals surface area contributed by atoms with Crippen molar-refractivity contribution in [1.29, 1.82) is 0 Å². The Balaban J connectivity index is 1.51. The van der Waals surface area contributed by atoms with Crippen LogP contribution in [0.15, 0.2) is 11.6 Å². The van der Waals surface area contributed by atoms with E-state index in [0.29, 0.717) is 10.8 Å². The molecule has 0 bridgehead atoms. The molecule has 0 amide bonds. The maximum Gasteiger partial charge on any atom is -0.00853 e. The molecule has 0 aliphatic heterocycles. The highest BCUT2D eigenvalue weighted by molar-refractivity contribution is 5.28. The van der Waals surface area contributed by atoms with Crippen LogP contribution in [-0.4, -0.2) is 0 Å². The van der Waals surface area contributed by atoms with Gasteiger partial charge in [0.15, 0.2) is 0 Å². The van der Waals surface area contributed by atoms with Crippen LogP contribution in [0, 0.1) is 46.3 Å². The lowest BCUT2D eigenvalue weighted by atomic mass is 9.48. The first-order chi connectivity index (χ1) is 12.9. The molecule has 7 atom stereocenters. The van der Waals surface area contributed by atoms with Gasteiger partial charge in [-0.05, 0) is 91.3 Å². The average Bonchev–Trinajstić information content (AvgIpc) is 2.98. The lowest BCUT2D eigenvalue weighted by Gasteiger charge is -2.56. The second-order valence-electron chi connectivity index (χ2n) is 12.0. The molecule has 0 N–H and O–H groups in total. The molecule has 3 saturated carbocycles. The summed E-state index contributed by atoms with van der Waals surface area (Å²) >= 11 is 0. The van der Waals surface area contributed by atoms with E-state index >= 15 is 0 Å². The fourth-order valence-electron chi connectivity index (χ4n) is 8.58. The largest absolute Gasteiger partial charge is 0.0839 e. The minimum absolute atomic E-state index is 0.573. The lowest BCUT2D eigenvalue weighted by molar-refractivity contribution is 0.0195. The highest BCUT2D eigenvalue weighted by Gasteiger charge is 2.57. The summed E-state index contributed by atoms with van der Waals surface area (Å²) < 4.78 is 0. The monoisotopic (exact) mass is 370 g/mol. The van der Waals surface area contributed by atoms with Gasteiger partial charge in [-0.2, -0.15) is 0 Å². The van der Waals surface area contributed by atoms with Gasteiger partial charge in [0.05, 0.1) is 0 Å². The zero-order valence-corrected chi connectivity index (χ0v) is 19.0. The van der Waals surface area contributed by atoms with Crippen LogP contribution in [0.4, 0.5) is 0 Å². The van der Waals surface area contributed by atoms with Gasteiger partial charge in [0.2, 0.25) is 0 Å². The summed E-state index contributed by atoms with van der Waals surface area (Å²) in [5, 5.41) is 0. The first-order valence-corrected chi connectivity index (χ1v) is 12.6. The SMILES string of the molecule is CC(C)CCC[C@@H](C)[C@H]1CC[C@@H]2[C@@H]3CC[C@H]4CCCC[C@]4(C)C3=CC[C@]12C. The highest BCUT2D eigenvalue weighted by Crippen LogP contribution is 2.66. The molecular weight excluding hydrogens is 324 g/mol. The second kappa shape index (κ2) is 7.53. The van der Waals surface area contributed by atoms with Gasteiger partial charge < -0.3 is 0 Å². The molecule has 0 saturated heterocycles. The van der Waals surface area contributed by atoms with E-state index in [1.807, 2.05) is 5.57 Å². The van der Waals surface area contributed by atoms with Crippen molar-refractivity contribution in [1.82, 2.24) is 0 Å². The molecule has 0 aromatic rings. The number of rotatable bonds is 5. The summed E-state index contributed by atoms with van der Waals surface area (Å²) in [6.07, 6.45) is 20.6. The average molecular weight is 371 g/mol. The van der Waals surface area contributed by atoms with Crippen molar-refractivity contribution in [2.45, 2.75) is 112 Å². The van der Waals surface area contributed by atoms with E-state index in [-0.39, 0.29) is 0 Å². The number of hydrogen-bond acceptors (Lipinski definition) is 0. The third-order valence-electron chi connectivity index (χ3n) is 10.1. The van der Waals surface area contributed by atoms with Crippen molar-refractivity contribution in [3.05, 3.63) is 11.6 Å². The van der Waals surface area contributed by atoms with Crippen LogP contribution in [0.3, 0.4) is 0 Å². The Morgan fingerprint density at radius 2 is 1.78 bits per heavy atom. The van der Waals surface area contributed by atoms with Gasteiger partial charge in [-0.3, -0.25) is 0 Å². The topological polar surface area (TPSA) is 0 Å². The Kier molecular flexibility index (Phi) is 5.59. The summed E-state index contributed by atoms with van der Waals surface area (Å²) in [4.78, 5) is 0. The molecule has 0 radical (unpaired) electrons. The van der Waals surface area contributed by atoms with Gasteiger partial charge in [0.1, 0.15) is 0 Å². The van der Waals surface area contributed by atoms with Crippen LogP contribution in [0.5, 0.6) is 0 Å². The molecule has 3 fully saturated rings. The maximum atomic E-state index is 2.82. The van der Waals surface area contributed by atoms with Crippen molar-refractivity contribution in [3.63, 3.8) is 0 Å². The molecule has 0 heterocycles. The lowest BCUT2D eigenvalue weighted by Crippen LogP contribution is -2.47. The summed E-state index contributed by atoms with van der Waals surface area (Å²) in [7, 11) is 0. The zero-order valence-electron chi connectivity index (χ0n) is 19.0. The molecular formula is C27H46. The van der Waals surface area contributed by atoms with Gasteiger partial charge >= 0.3 is 0 Å². The van der Waals surface area contributed by atoms with E-state index in [2.05, 4.69) is 40.7 Å². The highest BCUT2D eigenvalue weighted by atomic mass is 14.6. The molecule has 27 heavy (non-hydrogen) atoms. The molecule has 4 aliphatic rings. The van der Waals surface area contributed by atoms with Gasteiger partial charge in [-0.1, -0.05) is 78.4 Å². The van der Waals surface area contributed by atoms with Crippen LogP contribution in [0.2, 0.25) is 0 Å². The molecule has 4 aliphatic carbocycles. The summed E-state index contributed by atoms with van der Waals surface area (Å²) in [6, 6.07) is 0. The van der Waals surface area contributed by atoms with E-state index in [9.17, 15) is 0 Å². The molecule has 0 heteroatoms. The van der Waals surface area contributed by atoms with Gasteiger partial charge in [0, 0.05) is 0 Å². The Bertz CT molecular complexity index is 556. The van der Waals surface area contributed by atoms with E-state index in [0.717, 1.165) is 35.5 Å². The fourth-order valence-corrected chi connectivity index (χ4v) is 8.58. The van der Waals surface area contributed by atoms with Crippen molar-refractivity contribution >= 4 is 0 Å². The number of allylic oxidation sites excluding steroid dienone is 2. The summed E-state index contributed by atoms with van der Waals surface area (Å²) in [6.45, 7) is 12.7. The van der Waals surface area contributed by atoms with E-state index in [4.69, 9.17) is 0 Å². The Morgan fingerprint density at radius 3 is 2.56 bits per heavy atom. The predicted octanol–water partition coefficient (Wildman–Crippen LogP) is 8.42. The first-order valence-electron chi connectivity index (χ1n) is 12.6. The normalized spacial score (nSPS) is 45.0. The summed E-state index contributed by atoms with van der Waals surface area (Å²) in [5.41, 5.74) is 3.13. The molecule has 0 aromatic heterocycles. The van der Waals surface area contributed by atoms with Crippen LogP contribution >= 0.6 is 0 Å². The standard InChI is InChI=1S/C27H46/c1-19(2)9-8-10-20(3)23-14-15-24-22-13-12-21-11-6-7-17-26(21,4)25(22)16-18-27(23,24)5/h16,19-24H,6-15,17-18H2,1-5H3/t20-,21-,22+,23-,24-,26+,27-/m1/s1. The molecule has 154 valence electrons. The second-order valence-corrected chi connectivity index (χ2v) is 12.0. The van der Waals surface area contributed by atoms with Crippen LogP contribution in [0.25, 0.3) is 0 Å². The van der Waals surface area contributed by atoms with E-state index in [1.165, 1.54) is 77.0 Å². The maximum absolute atomic E-state index is 2.82. The van der Waals surface area contributed by atoms with Gasteiger partial charge in [-0.25, -0.2) is 0 Å². The van der Waals surface area contributed by atoms with Gasteiger partial charge in [0.25, 0.3) is 0 Å². The predicted molar refractivity (Wildman–Crippen MR) is 118 cm³/mol.